The van der Waals surface area contributed by atoms with Crippen molar-refractivity contribution in [1.82, 2.24) is 4.98 Å². The van der Waals surface area contributed by atoms with E-state index in [0.29, 0.717) is 16.5 Å². The SMILES string of the molecule is Nc1nc(C(=O)Nc2ccc(I)cc2Br)cs1. The monoisotopic (exact) mass is 423 g/mol. The molecule has 2 aromatic rings. The topological polar surface area (TPSA) is 68.0 Å². The van der Waals surface area contributed by atoms with Gasteiger partial charge < -0.3 is 11.1 Å². The Morgan fingerprint density at radius 1 is 1.53 bits per heavy atom. The lowest BCUT2D eigenvalue weighted by atomic mass is 10.3. The van der Waals surface area contributed by atoms with Crippen LogP contribution in [0.2, 0.25) is 0 Å². The van der Waals surface area contributed by atoms with Crippen molar-refractivity contribution in [2.24, 2.45) is 0 Å². The molecule has 1 heterocycles. The number of amides is 1. The summed E-state index contributed by atoms with van der Waals surface area (Å²) in [5, 5.41) is 4.78. The molecule has 1 aromatic carbocycles. The summed E-state index contributed by atoms with van der Waals surface area (Å²) < 4.78 is 1.92. The molecule has 0 radical (unpaired) electrons. The van der Waals surface area contributed by atoms with Crippen LogP contribution in [-0.2, 0) is 0 Å². The van der Waals surface area contributed by atoms with Crippen LogP contribution in [0.25, 0.3) is 0 Å². The molecule has 0 bridgehead atoms. The number of nitrogen functional groups attached to an aromatic ring is 1. The van der Waals surface area contributed by atoms with Crippen molar-refractivity contribution in [2.75, 3.05) is 11.1 Å². The predicted octanol–water partition coefficient (Wildman–Crippen LogP) is 3.34. The highest BCUT2D eigenvalue weighted by Crippen LogP contribution is 2.25. The Hall–Kier alpha value is -0.670. The summed E-state index contributed by atoms with van der Waals surface area (Å²) in [7, 11) is 0. The minimum absolute atomic E-state index is 0.264. The van der Waals surface area contributed by atoms with E-state index in [4.69, 9.17) is 5.73 Å². The van der Waals surface area contributed by atoms with E-state index in [9.17, 15) is 4.79 Å². The summed E-state index contributed by atoms with van der Waals surface area (Å²) in [4.78, 5) is 15.7. The average molecular weight is 424 g/mol. The van der Waals surface area contributed by atoms with Gasteiger partial charge in [0, 0.05) is 13.4 Å². The maximum atomic E-state index is 11.8. The van der Waals surface area contributed by atoms with Crippen molar-refractivity contribution in [1.29, 1.82) is 0 Å². The molecule has 3 N–H and O–H groups in total. The maximum Gasteiger partial charge on any atom is 0.275 e. The van der Waals surface area contributed by atoms with E-state index in [1.807, 2.05) is 18.2 Å². The van der Waals surface area contributed by atoms with E-state index in [-0.39, 0.29) is 5.91 Å². The van der Waals surface area contributed by atoms with Crippen molar-refractivity contribution >= 4 is 66.6 Å². The van der Waals surface area contributed by atoms with Gasteiger partial charge >= 0.3 is 0 Å². The number of thiazole rings is 1. The van der Waals surface area contributed by atoms with E-state index in [0.717, 1.165) is 8.04 Å². The van der Waals surface area contributed by atoms with Gasteiger partial charge in [0.1, 0.15) is 5.69 Å². The number of hydrogen-bond acceptors (Lipinski definition) is 4. The molecule has 4 nitrogen and oxygen atoms in total. The molecule has 0 saturated carbocycles. The van der Waals surface area contributed by atoms with Crippen molar-refractivity contribution in [3.63, 3.8) is 0 Å². The summed E-state index contributed by atoms with van der Waals surface area (Å²) in [6.07, 6.45) is 0. The van der Waals surface area contributed by atoms with Gasteiger partial charge in [0.15, 0.2) is 5.13 Å². The van der Waals surface area contributed by atoms with Crippen LogP contribution >= 0.6 is 49.9 Å². The first kappa shape index (κ1) is 12.8. The van der Waals surface area contributed by atoms with E-state index in [1.54, 1.807) is 5.38 Å². The lowest BCUT2D eigenvalue weighted by Gasteiger charge is -2.05. The van der Waals surface area contributed by atoms with Crippen LogP contribution in [0, 0.1) is 3.57 Å². The molecule has 7 heteroatoms. The normalized spacial score (nSPS) is 10.2. The standard InChI is InChI=1S/C10H7BrIN3OS/c11-6-3-5(12)1-2-7(6)14-9(16)8-4-17-10(13)15-8/h1-4H,(H2,13,15)(H,14,16). The Morgan fingerprint density at radius 2 is 2.29 bits per heavy atom. The molecule has 0 atom stereocenters. The van der Waals surface area contributed by atoms with E-state index >= 15 is 0 Å². The van der Waals surface area contributed by atoms with Gasteiger partial charge in [-0.3, -0.25) is 4.79 Å². The van der Waals surface area contributed by atoms with Crippen LogP contribution in [-0.4, -0.2) is 10.9 Å². The molecule has 0 aliphatic rings. The fourth-order valence-electron chi connectivity index (χ4n) is 1.17. The van der Waals surface area contributed by atoms with Crippen LogP contribution in [0.1, 0.15) is 10.5 Å². The Balaban J connectivity index is 2.18. The maximum absolute atomic E-state index is 11.8. The zero-order valence-corrected chi connectivity index (χ0v) is 13.0. The van der Waals surface area contributed by atoms with Gasteiger partial charge in [-0.25, -0.2) is 4.98 Å². The van der Waals surface area contributed by atoms with Gasteiger partial charge in [-0.15, -0.1) is 11.3 Å². The minimum Gasteiger partial charge on any atom is -0.375 e. The number of halogens is 2. The quantitative estimate of drug-likeness (QED) is 0.728. The number of aromatic nitrogens is 1. The first-order valence-corrected chi connectivity index (χ1v) is 7.29. The number of hydrogen-bond donors (Lipinski definition) is 2. The highest BCUT2D eigenvalue weighted by Gasteiger charge is 2.11. The fourth-order valence-corrected chi connectivity index (χ4v) is 3.11. The largest absolute Gasteiger partial charge is 0.375 e. The number of carbonyl (C=O) groups excluding carboxylic acids is 1. The first-order chi connectivity index (χ1) is 8.06. The Labute approximate surface area is 124 Å². The summed E-state index contributed by atoms with van der Waals surface area (Å²) >= 11 is 6.83. The second-order valence-corrected chi connectivity index (χ2v) is 6.14. The Morgan fingerprint density at radius 3 is 2.88 bits per heavy atom. The minimum atomic E-state index is -0.264. The lowest BCUT2D eigenvalue weighted by molar-refractivity contribution is 0.102. The van der Waals surface area contributed by atoms with Crippen LogP contribution in [0.15, 0.2) is 28.1 Å². The molecule has 1 amide bonds. The van der Waals surface area contributed by atoms with Crippen molar-refractivity contribution in [2.45, 2.75) is 0 Å². The molecule has 0 unspecified atom stereocenters. The van der Waals surface area contributed by atoms with E-state index < -0.39 is 0 Å². The molecule has 2 rings (SSSR count). The third kappa shape index (κ3) is 3.17. The molecule has 88 valence electrons. The molecule has 17 heavy (non-hydrogen) atoms. The molecular weight excluding hydrogens is 417 g/mol. The number of nitrogens with two attached hydrogens (primary N) is 1. The van der Waals surface area contributed by atoms with E-state index in [2.05, 4.69) is 48.8 Å². The molecule has 0 aliphatic carbocycles. The van der Waals surface area contributed by atoms with Gasteiger partial charge in [-0.1, -0.05) is 0 Å². The zero-order chi connectivity index (χ0) is 12.4. The average Bonchev–Trinajstić information content (AvgIpc) is 2.69. The van der Waals surface area contributed by atoms with Gasteiger partial charge in [0.2, 0.25) is 0 Å². The number of carbonyl (C=O) groups is 1. The van der Waals surface area contributed by atoms with Gasteiger partial charge in [-0.05, 0) is 56.7 Å². The Bertz CT molecular complexity index is 572. The molecule has 0 aliphatic heterocycles. The third-order valence-corrected chi connectivity index (χ3v) is 3.93. The second-order valence-electron chi connectivity index (χ2n) is 3.15. The zero-order valence-electron chi connectivity index (χ0n) is 8.41. The number of anilines is 2. The molecule has 1 aromatic heterocycles. The summed E-state index contributed by atoms with van der Waals surface area (Å²) in [5.74, 6) is -0.264. The lowest BCUT2D eigenvalue weighted by Crippen LogP contribution is -2.12. The predicted molar refractivity (Wildman–Crippen MR) is 81.3 cm³/mol. The second kappa shape index (κ2) is 5.32. The smallest absolute Gasteiger partial charge is 0.275 e. The van der Waals surface area contributed by atoms with Crippen LogP contribution in [0.5, 0.6) is 0 Å². The summed E-state index contributed by atoms with van der Waals surface area (Å²) in [5.41, 5.74) is 6.52. The van der Waals surface area contributed by atoms with Gasteiger partial charge in [-0.2, -0.15) is 0 Å². The van der Waals surface area contributed by atoms with Gasteiger partial charge in [0.05, 0.1) is 5.69 Å². The highest BCUT2D eigenvalue weighted by atomic mass is 127. The number of rotatable bonds is 2. The van der Waals surface area contributed by atoms with Crippen molar-refractivity contribution < 1.29 is 4.79 Å². The molecule has 0 spiro atoms. The first-order valence-electron chi connectivity index (χ1n) is 4.53. The van der Waals surface area contributed by atoms with Crippen molar-refractivity contribution in [3.8, 4) is 0 Å². The van der Waals surface area contributed by atoms with Crippen molar-refractivity contribution in [3.05, 3.63) is 37.3 Å². The third-order valence-electron chi connectivity index (χ3n) is 1.93. The number of benzene rings is 1. The number of nitrogens with zero attached hydrogens (tertiary/aromatic N) is 1. The summed E-state index contributed by atoms with van der Waals surface area (Å²) in [6.45, 7) is 0. The van der Waals surface area contributed by atoms with Crippen LogP contribution in [0.4, 0.5) is 10.8 Å². The molecule has 0 saturated heterocycles. The number of nitrogens with one attached hydrogen (secondary N) is 1. The van der Waals surface area contributed by atoms with Crippen LogP contribution < -0.4 is 11.1 Å². The van der Waals surface area contributed by atoms with Crippen LogP contribution in [0.3, 0.4) is 0 Å². The fraction of sp³-hybridized carbons (Fsp3) is 0. The molecule has 0 fully saturated rings. The molecular formula is C10H7BrIN3OS. The Kier molecular flexibility index (Phi) is 4.00. The highest BCUT2D eigenvalue weighted by molar-refractivity contribution is 14.1. The van der Waals surface area contributed by atoms with Gasteiger partial charge in [0.25, 0.3) is 5.91 Å². The summed E-state index contributed by atoms with van der Waals surface area (Å²) in [6, 6.07) is 5.67. The van der Waals surface area contributed by atoms with E-state index in [1.165, 1.54) is 11.3 Å².